The molecule has 0 aliphatic rings. The van der Waals surface area contributed by atoms with Crippen LogP contribution in [-0.2, 0) is 0 Å². The van der Waals surface area contributed by atoms with Crippen LogP contribution in [0.5, 0.6) is 0 Å². The fraction of sp³-hybridized carbons (Fsp3) is 0. The first-order valence-electron chi connectivity index (χ1n) is 6.97. The van der Waals surface area contributed by atoms with Crippen molar-refractivity contribution in [3.05, 3.63) is 76.0 Å². The Labute approximate surface area is 135 Å². The van der Waals surface area contributed by atoms with Crippen molar-refractivity contribution >= 4 is 28.4 Å². The largest absolute Gasteiger partial charge is 0.360 e. The molecule has 1 heterocycles. The van der Waals surface area contributed by atoms with Crippen molar-refractivity contribution < 1.29 is 14.5 Å². The number of aromatic amines is 1. The van der Waals surface area contributed by atoms with Gasteiger partial charge < -0.3 is 4.98 Å². The van der Waals surface area contributed by atoms with Gasteiger partial charge in [0.1, 0.15) is 0 Å². The minimum Gasteiger partial charge on any atom is -0.360 e. The molecule has 24 heavy (non-hydrogen) atoms. The predicted molar refractivity (Wildman–Crippen MR) is 86.3 cm³/mol. The Morgan fingerprint density at radius 3 is 2.54 bits per heavy atom. The van der Waals surface area contributed by atoms with E-state index in [9.17, 15) is 19.7 Å². The average molecular weight is 324 g/mol. The van der Waals surface area contributed by atoms with E-state index in [0.29, 0.717) is 5.56 Å². The molecule has 0 aliphatic carbocycles. The van der Waals surface area contributed by atoms with Crippen LogP contribution < -0.4 is 10.9 Å². The zero-order chi connectivity index (χ0) is 17.1. The van der Waals surface area contributed by atoms with E-state index in [4.69, 9.17) is 0 Å². The molecule has 0 atom stereocenters. The predicted octanol–water partition coefficient (Wildman–Crippen LogP) is 2.15. The number of nitrogens with zero attached hydrogens (tertiary/aromatic N) is 1. The molecule has 3 N–H and O–H groups in total. The molecule has 0 unspecified atom stereocenters. The lowest BCUT2D eigenvalue weighted by molar-refractivity contribution is -0.384. The number of rotatable bonds is 3. The fourth-order valence-electron chi connectivity index (χ4n) is 2.27. The molecule has 0 radical (unpaired) electrons. The number of benzene rings is 2. The summed E-state index contributed by atoms with van der Waals surface area (Å²) in [5.41, 5.74) is 5.59. The third kappa shape index (κ3) is 2.93. The summed E-state index contributed by atoms with van der Waals surface area (Å²) in [6, 6.07) is 12.5. The number of hydrazine groups is 1. The Morgan fingerprint density at radius 1 is 1.00 bits per heavy atom. The summed E-state index contributed by atoms with van der Waals surface area (Å²) in [5, 5.41) is 11.4. The molecule has 0 bridgehead atoms. The summed E-state index contributed by atoms with van der Waals surface area (Å²) in [6.07, 6.45) is 1.54. The van der Waals surface area contributed by atoms with E-state index in [1.165, 1.54) is 18.2 Å². The monoisotopic (exact) mass is 324 g/mol. The number of nitrogens with one attached hydrogen (secondary N) is 3. The highest BCUT2D eigenvalue weighted by Gasteiger charge is 2.14. The van der Waals surface area contributed by atoms with Gasteiger partial charge in [-0.25, -0.2) is 0 Å². The molecule has 0 aliphatic heterocycles. The lowest BCUT2D eigenvalue weighted by atomic mass is 10.2. The number of amides is 2. The summed E-state index contributed by atoms with van der Waals surface area (Å²) >= 11 is 0. The summed E-state index contributed by atoms with van der Waals surface area (Å²) in [5.74, 6) is -1.14. The third-order valence-electron chi connectivity index (χ3n) is 3.44. The second-order valence-corrected chi connectivity index (χ2v) is 4.96. The van der Waals surface area contributed by atoms with Gasteiger partial charge in [-0.3, -0.25) is 30.6 Å². The van der Waals surface area contributed by atoms with Gasteiger partial charge in [0.15, 0.2) is 0 Å². The van der Waals surface area contributed by atoms with Gasteiger partial charge in [0, 0.05) is 34.8 Å². The Hall–Kier alpha value is -3.68. The summed E-state index contributed by atoms with van der Waals surface area (Å²) in [4.78, 5) is 37.3. The minimum atomic E-state index is -0.646. The summed E-state index contributed by atoms with van der Waals surface area (Å²) in [7, 11) is 0. The molecule has 0 fully saturated rings. The van der Waals surface area contributed by atoms with E-state index in [1.54, 1.807) is 18.3 Å². The third-order valence-corrected chi connectivity index (χ3v) is 3.44. The van der Waals surface area contributed by atoms with Crippen molar-refractivity contribution in [1.29, 1.82) is 0 Å². The van der Waals surface area contributed by atoms with Crippen molar-refractivity contribution in [3.8, 4) is 0 Å². The molecular weight excluding hydrogens is 312 g/mol. The van der Waals surface area contributed by atoms with E-state index < -0.39 is 16.7 Å². The Balaban J connectivity index is 1.71. The second-order valence-electron chi connectivity index (χ2n) is 4.96. The SMILES string of the molecule is O=C(NNC(=O)c1c[nH]c2ccccc12)c1cccc([N+](=O)[O-])c1. The second kappa shape index (κ2) is 6.21. The van der Waals surface area contributed by atoms with Gasteiger partial charge in [-0.15, -0.1) is 0 Å². The van der Waals surface area contributed by atoms with E-state index in [2.05, 4.69) is 15.8 Å². The van der Waals surface area contributed by atoms with Crippen molar-refractivity contribution in [1.82, 2.24) is 15.8 Å². The van der Waals surface area contributed by atoms with E-state index in [0.717, 1.165) is 17.0 Å². The minimum absolute atomic E-state index is 0.0726. The first kappa shape index (κ1) is 15.2. The topological polar surface area (TPSA) is 117 Å². The van der Waals surface area contributed by atoms with Gasteiger partial charge in [0.25, 0.3) is 17.5 Å². The fourth-order valence-corrected chi connectivity index (χ4v) is 2.27. The van der Waals surface area contributed by atoms with Gasteiger partial charge in [0.2, 0.25) is 0 Å². The highest BCUT2D eigenvalue weighted by Crippen LogP contribution is 2.17. The maximum atomic E-state index is 12.2. The Morgan fingerprint density at radius 2 is 1.75 bits per heavy atom. The lowest BCUT2D eigenvalue weighted by Crippen LogP contribution is -2.41. The molecule has 0 saturated heterocycles. The molecule has 1 aromatic heterocycles. The smallest absolute Gasteiger partial charge is 0.271 e. The molecule has 2 aromatic carbocycles. The number of para-hydroxylation sites is 1. The highest BCUT2D eigenvalue weighted by molar-refractivity contribution is 6.07. The van der Waals surface area contributed by atoms with Crippen LogP contribution in [0.1, 0.15) is 20.7 Å². The molecular formula is C16H12N4O4. The van der Waals surface area contributed by atoms with Crippen LogP contribution in [0, 0.1) is 10.1 Å². The average Bonchev–Trinajstić information content (AvgIpc) is 3.03. The molecule has 0 spiro atoms. The number of H-pyrrole nitrogens is 1. The Bertz CT molecular complexity index is 948. The van der Waals surface area contributed by atoms with E-state index >= 15 is 0 Å². The number of aromatic nitrogens is 1. The molecule has 2 amide bonds. The van der Waals surface area contributed by atoms with Crippen LogP contribution in [0.15, 0.2) is 54.7 Å². The van der Waals surface area contributed by atoms with Crippen molar-refractivity contribution in [2.75, 3.05) is 0 Å². The maximum absolute atomic E-state index is 12.2. The number of nitro benzene ring substituents is 1. The first-order chi connectivity index (χ1) is 11.6. The van der Waals surface area contributed by atoms with Crippen molar-refractivity contribution in [2.45, 2.75) is 0 Å². The quantitative estimate of drug-likeness (QED) is 0.505. The van der Waals surface area contributed by atoms with E-state index in [-0.39, 0.29) is 11.3 Å². The first-order valence-corrected chi connectivity index (χ1v) is 6.97. The Kier molecular flexibility index (Phi) is 3.94. The zero-order valence-corrected chi connectivity index (χ0v) is 12.3. The number of non-ortho nitro benzene ring substituents is 1. The number of nitro groups is 1. The number of fused-ring (bicyclic) bond motifs is 1. The number of carbonyl (C=O) groups excluding carboxylic acids is 2. The van der Waals surface area contributed by atoms with Gasteiger partial charge in [-0.05, 0) is 12.1 Å². The lowest BCUT2D eigenvalue weighted by Gasteiger charge is -2.06. The van der Waals surface area contributed by atoms with Gasteiger partial charge in [-0.1, -0.05) is 24.3 Å². The molecule has 3 aromatic rings. The number of hydrogen-bond donors (Lipinski definition) is 3. The molecule has 0 saturated carbocycles. The molecule has 120 valence electrons. The summed E-state index contributed by atoms with van der Waals surface area (Å²) < 4.78 is 0. The van der Waals surface area contributed by atoms with Crippen LogP contribution in [0.25, 0.3) is 10.9 Å². The normalized spacial score (nSPS) is 10.3. The highest BCUT2D eigenvalue weighted by atomic mass is 16.6. The van der Waals surface area contributed by atoms with Crippen LogP contribution in [0.3, 0.4) is 0 Å². The molecule has 8 nitrogen and oxygen atoms in total. The number of carbonyl (C=O) groups is 2. The van der Waals surface area contributed by atoms with Crippen molar-refractivity contribution in [2.24, 2.45) is 0 Å². The van der Waals surface area contributed by atoms with Gasteiger partial charge in [0.05, 0.1) is 10.5 Å². The number of hydrogen-bond acceptors (Lipinski definition) is 4. The van der Waals surface area contributed by atoms with Crippen LogP contribution in [-0.4, -0.2) is 21.7 Å². The van der Waals surface area contributed by atoms with Gasteiger partial charge in [-0.2, -0.15) is 0 Å². The van der Waals surface area contributed by atoms with Gasteiger partial charge >= 0.3 is 0 Å². The molecule has 8 heteroatoms. The standard InChI is InChI=1S/C16H12N4O4/c21-15(10-4-3-5-11(8-10)20(23)24)18-19-16(22)13-9-17-14-7-2-1-6-12(13)14/h1-9,17H,(H,18,21)(H,19,22). The zero-order valence-electron chi connectivity index (χ0n) is 12.3. The van der Waals surface area contributed by atoms with Crippen molar-refractivity contribution in [3.63, 3.8) is 0 Å². The van der Waals surface area contributed by atoms with Crippen LogP contribution in [0.4, 0.5) is 5.69 Å². The van der Waals surface area contributed by atoms with E-state index in [1.807, 2.05) is 12.1 Å². The van der Waals surface area contributed by atoms with Crippen LogP contribution >= 0.6 is 0 Å². The van der Waals surface area contributed by atoms with Crippen LogP contribution in [0.2, 0.25) is 0 Å². The maximum Gasteiger partial charge on any atom is 0.271 e. The summed E-state index contributed by atoms with van der Waals surface area (Å²) in [6.45, 7) is 0. The molecule has 3 rings (SSSR count).